The van der Waals surface area contributed by atoms with Crippen molar-refractivity contribution in [2.45, 2.75) is 57.9 Å². The fraction of sp³-hybridized carbons (Fsp3) is 0.643. The molecule has 1 fully saturated rings. The van der Waals surface area contributed by atoms with Gasteiger partial charge in [0.15, 0.2) is 0 Å². The summed E-state index contributed by atoms with van der Waals surface area (Å²) in [6.45, 7) is 2.01. The van der Waals surface area contributed by atoms with Gasteiger partial charge in [-0.25, -0.2) is 4.98 Å². The second-order valence-corrected chi connectivity index (χ2v) is 5.34. The van der Waals surface area contributed by atoms with Crippen LogP contribution in [0.4, 0.5) is 5.69 Å². The van der Waals surface area contributed by atoms with Crippen molar-refractivity contribution >= 4 is 17.3 Å². The molecule has 2 rings (SSSR count). The van der Waals surface area contributed by atoms with Crippen LogP contribution in [0.5, 0.6) is 0 Å². The van der Waals surface area contributed by atoms with Gasteiger partial charge in [0.25, 0.3) is 0 Å². The summed E-state index contributed by atoms with van der Waals surface area (Å²) in [5.74, 6) is 0. The molecule has 3 heteroatoms. The maximum absolute atomic E-state index is 5.87. The Morgan fingerprint density at radius 2 is 1.76 bits per heavy atom. The Morgan fingerprint density at radius 3 is 2.41 bits per heavy atom. The fourth-order valence-corrected chi connectivity index (χ4v) is 2.69. The number of halogens is 1. The quantitative estimate of drug-likeness (QED) is 0.780. The minimum absolute atomic E-state index is 0.575. The van der Waals surface area contributed by atoms with E-state index in [4.69, 9.17) is 11.6 Å². The van der Waals surface area contributed by atoms with Gasteiger partial charge in [0.05, 0.1) is 11.4 Å². The van der Waals surface area contributed by atoms with Crippen molar-refractivity contribution in [3.05, 3.63) is 23.0 Å². The molecular formula is C14H21ClN2. The predicted molar refractivity (Wildman–Crippen MR) is 73.7 cm³/mol. The number of pyridine rings is 1. The van der Waals surface area contributed by atoms with E-state index in [0.29, 0.717) is 11.2 Å². The number of aromatic nitrogens is 1. The minimum atomic E-state index is 0.575. The molecule has 0 spiro atoms. The van der Waals surface area contributed by atoms with Crippen molar-refractivity contribution in [3.8, 4) is 0 Å². The number of anilines is 1. The number of nitrogens with one attached hydrogen (secondary N) is 1. The zero-order chi connectivity index (χ0) is 12.1. The van der Waals surface area contributed by atoms with E-state index in [9.17, 15) is 0 Å². The summed E-state index contributed by atoms with van der Waals surface area (Å²) in [4.78, 5) is 4.28. The standard InChI is InChI=1S/C14H21ClN2/c1-11-13(9-10-14(15)16-11)17-12-7-5-3-2-4-6-8-12/h9-10,12,17H,2-8H2,1H3. The van der Waals surface area contributed by atoms with Crippen LogP contribution in [0, 0.1) is 6.92 Å². The van der Waals surface area contributed by atoms with Crippen molar-refractivity contribution in [1.82, 2.24) is 4.98 Å². The van der Waals surface area contributed by atoms with Crippen LogP contribution in [-0.4, -0.2) is 11.0 Å². The largest absolute Gasteiger partial charge is 0.381 e. The molecule has 0 bridgehead atoms. The van der Waals surface area contributed by atoms with Gasteiger partial charge in [0.1, 0.15) is 5.15 Å². The molecular weight excluding hydrogens is 232 g/mol. The highest BCUT2D eigenvalue weighted by molar-refractivity contribution is 6.29. The molecule has 1 heterocycles. The van der Waals surface area contributed by atoms with Gasteiger partial charge in [0, 0.05) is 6.04 Å². The summed E-state index contributed by atoms with van der Waals surface area (Å²) in [6.07, 6.45) is 9.43. The molecule has 94 valence electrons. The van der Waals surface area contributed by atoms with E-state index in [1.807, 2.05) is 19.1 Å². The number of rotatable bonds is 2. The lowest BCUT2D eigenvalue weighted by atomic mass is 9.96. The van der Waals surface area contributed by atoms with Crippen molar-refractivity contribution in [3.63, 3.8) is 0 Å². The lowest BCUT2D eigenvalue weighted by Gasteiger charge is -2.22. The Kier molecular flexibility index (Phi) is 4.66. The van der Waals surface area contributed by atoms with Crippen molar-refractivity contribution in [2.75, 3.05) is 5.32 Å². The highest BCUT2D eigenvalue weighted by Crippen LogP contribution is 2.22. The molecule has 1 aliphatic carbocycles. The Bertz CT molecular complexity index is 357. The number of hydrogen-bond donors (Lipinski definition) is 1. The van der Waals surface area contributed by atoms with Gasteiger partial charge in [-0.05, 0) is 31.9 Å². The zero-order valence-corrected chi connectivity index (χ0v) is 11.3. The lowest BCUT2D eigenvalue weighted by Crippen LogP contribution is -2.21. The molecule has 0 aliphatic heterocycles. The summed E-state index contributed by atoms with van der Waals surface area (Å²) in [5, 5.41) is 4.20. The van der Waals surface area contributed by atoms with Crippen LogP contribution in [0.2, 0.25) is 5.15 Å². The third-order valence-electron chi connectivity index (χ3n) is 3.52. The normalized spacial score (nSPS) is 18.5. The molecule has 1 aromatic rings. The van der Waals surface area contributed by atoms with Crippen LogP contribution in [0.15, 0.2) is 12.1 Å². The molecule has 17 heavy (non-hydrogen) atoms. The summed E-state index contributed by atoms with van der Waals surface area (Å²) >= 11 is 5.87. The zero-order valence-electron chi connectivity index (χ0n) is 10.5. The maximum Gasteiger partial charge on any atom is 0.129 e. The highest BCUT2D eigenvalue weighted by Gasteiger charge is 2.12. The molecule has 0 aromatic carbocycles. The van der Waals surface area contributed by atoms with Crippen molar-refractivity contribution in [2.24, 2.45) is 0 Å². The van der Waals surface area contributed by atoms with E-state index in [-0.39, 0.29) is 0 Å². The first-order chi connectivity index (χ1) is 8.25. The molecule has 2 nitrogen and oxygen atoms in total. The van der Waals surface area contributed by atoms with Crippen molar-refractivity contribution in [1.29, 1.82) is 0 Å². The van der Waals surface area contributed by atoms with E-state index in [0.717, 1.165) is 11.4 Å². The van der Waals surface area contributed by atoms with E-state index < -0.39 is 0 Å². The first-order valence-corrected chi connectivity index (χ1v) is 7.03. The third-order valence-corrected chi connectivity index (χ3v) is 3.73. The number of nitrogens with zero attached hydrogens (tertiary/aromatic N) is 1. The first kappa shape index (κ1) is 12.7. The van der Waals surface area contributed by atoms with Crippen LogP contribution in [0.1, 0.15) is 50.6 Å². The Hall–Kier alpha value is -0.760. The fourth-order valence-electron chi connectivity index (χ4n) is 2.50. The van der Waals surface area contributed by atoms with Gasteiger partial charge in [-0.2, -0.15) is 0 Å². The Balaban J connectivity index is 1.98. The molecule has 1 saturated carbocycles. The van der Waals surface area contributed by atoms with E-state index in [1.54, 1.807) is 0 Å². The summed E-state index contributed by atoms with van der Waals surface area (Å²) in [6, 6.07) is 4.51. The molecule has 0 saturated heterocycles. The lowest BCUT2D eigenvalue weighted by molar-refractivity contribution is 0.471. The number of hydrogen-bond acceptors (Lipinski definition) is 2. The van der Waals surface area contributed by atoms with Crippen molar-refractivity contribution < 1.29 is 0 Å². The molecule has 0 amide bonds. The topological polar surface area (TPSA) is 24.9 Å². The summed E-state index contributed by atoms with van der Waals surface area (Å²) < 4.78 is 0. The average molecular weight is 253 g/mol. The van der Waals surface area contributed by atoms with E-state index in [1.165, 1.54) is 44.9 Å². The molecule has 0 atom stereocenters. The monoisotopic (exact) mass is 252 g/mol. The molecule has 1 aromatic heterocycles. The van der Waals surface area contributed by atoms with E-state index >= 15 is 0 Å². The SMILES string of the molecule is Cc1nc(Cl)ccc1NC1CCCCCCC1. The second-order valence-electron chi connectivity index (χ2n) is 4.95. The highest BCUT2D eigenvalue weighted by atomic mass is 35.5. The second kappa shape index (κ2) is 6.25. The van der Waals surface area contributed by atoms with Gasteiger partial charge in [-0.1, -0.05) is 43.7 Å². The molecule has 1 N–H and O–H groups in total. The Morgan fingerprint density at radius 1 is 1.12 bits per heavy atom. The summed E-state index contributed by atoms with van der Waals surface area (Å²) in [7, 11) is 0. The maximum atomic E-state index is 5.87. The third kappa shape index (κ3) is 3.88. The smallest absolute Gasteiger partial charge is 0.129 e. The first-order valence-electron chi connectivity index (χ1n) is 6.65. The van der Waals surface area contributed by atoms with Gasteiger partial charge >= 0.3 is 0 Å². The van der Waals surface area contributed by atoms with Crippen LogP contribution in [0.3, 0.4) is 0 Å². The van der Waals surface area contributed by atoms with Gasteiger partial charge in [-0.15, -0.1) is 0 Å². The van der Waals surface area contributed by atoms with Crippen LogP contribution < -0.4 is 5.32 Å². The van der Waals surface area contributed by atoms with Gasteiger partial charge in [-0.3, -0.25) is 0 Å². The van der Waals surface area contributed by atoms with Gasteiger partial charge in [0.2, 0.25) is 0 Å². The van der Waals surface area contributed by atoms with Crippen LogP contribution >= 0.6 is 11.6 Å². The van der Waals surface area contributed by atoms with E-state index in [2.05, 4.69) is 10.3 Å². The number of aryl methyl sites for hydroxylation is 1. The average Bonchev–Trinajstić information content (AvgIpc) is 2.25. The molecule has 0 unspecified atom stereocenters. The predicted octanol–water partition coefficient (Wildman–Crippen LogP) is 4.57. The minimum Gasteiger partial charge on any atom is -0.381 e. The molecule has 1 aliphatic rings. The van der Waals surface area contributed by atoms with Crippen LogP contribution in [0.25, 0.3) is 0 Å². The van der Waals surface area contributed by atoms with Crippen LogP contribution in [-0.2, 0) is 0 Å². The summed E-state index contributed by atoms with van der Waals surface area (Å²) in [5.41, 5.74) is 2.14. The Labute approximate surface area is 109 Å². The molecule has 0 radical (unpaired) electrons. The van der Waals surface area contributed by atoms with Gasteiger partial charge < -0.3 is 5.32 Å².